The molecule has 6 heteroatoms. The van der Waals surface area contributed by atoms with Crippen LogP contribution in [0.1, 0.15) is 10.4 Å². The Kier molecular flexibility index (Phi) is 5.01. The summed E-state index contributed by atoms with van der Waals surface area (Å²) in [6.07, 6.45) is 5.72. The van der Waals surface area contributed by atoms with Crippen LogP contribution in [0.2, 0.25) is 0 Å². The van der Waals surface area contributed by atoms with Gasteiger partial charge < -0.3 is 15.3 Å². The monoisotopic (exact) mass is 249 g/mol. The fourth-order valence-electron chi connectivity index (χ4n) is 1.18. The van der Waals surface area contributed by atoms with Crippen LogP contribution in [-0.2, 0) is 4.79 Å². The number of anilines is 1. The van der Waals surface area contributed by atoms with Gasteiger partial charge in [-0.1, -0.05) is 6.08 Å². The number of hydrogen-bond acceptors (Lipinski definition) is 4. The van der Waals surface area contributed by atoms with Crippen molar-refractivity contribution in [2.75, 3.05) is 26.0 Å². The summed E-state index contributed by atoms with van der Waals surface area (Å²) in [5.41, 5.74) is 0.388. The summed E-state index contributed by atoms with van der Waals surface area (Å²) in [5, 5.41) is 11.3. The molecule has 1 heterocycles. The lowest BCUT2D eigenvalue weighted by Crippen LogP contribution is -2.13. The molecule has 0 spiro atoms. The Hall–Kier alpha value is -2.21. The third-order valence-corrected chi connectivity index (χ3v) is 1.99. The second kappa shape index (κ2) is 6.51. The highest BCUT2D eigenvalue weighted by molar-refractivity contribution is 6.00. The Morgan fingerprint density at radius 3 is 2.78 bits per heavy atom. The number of likely N-dealkylation sites (N-methyl/N-ethyl adjacent to an activating group) is 1. The van der Waals surface area contributed by atoms with Crippen LogP contribution in [0.25, 0.3) is 0 Å². The van der Waals surface area contributed by atoms with Crippen LogP contribution >= 0.6 is 0 Å². The number of nitrogens with zero attached hydrogens (tertiary/aromatic N) is 2. The van der Waals surface area contributed by atoms with E-state index in [0.29, 0.717) is 12.2 Å². The van der Waals surface area contributed by atoms with E-state index in [1.807, 2.05) is 19.0 Å². The zero-order valence-corrected chi connectivity index (χ0v) is 10.3. The van der Waals surface area contributed by atoms with Crippen molar-refractivity contribution in [3.05, 3.63) is 36.2 Å². The van der Waals surface area contributed by atoms with E-state index in [4.69, 9.17) is 5.11 Å². The quantitative estimate of drug-likeness (QED) is 0.755. The van der Waals surface area contributed by atoms with Gasteiger partial charge in [0, 0.05) is 18.8 Å². The normalized spacial score (nSPS) is 10.8. The van der Waals surface area contributed by atoms with Gasteiger partial charge in [0.15, 0.2) is 0 Å². The van der Waals surface area contributed by atoms with Gasteiger partial charge in [-0.3, -0.25) is 9.78 Å². The Bertz CT molecular complexity index is 469. The van der Waals surface area contributed by atoms with E-state index in [2.05, 4.69) is 10.3 Å². The van der Waals surface area contributed by atoms with Crippen LogP contribution in [0.5, 0.6) is 0 Å². The summed E-state index contributed by atoms with van der Waals surface area (Å²) >= 11 is 0. The number of pyridine rings is 1. The molecule has 6 nitrogen and oxygen atoms in total. The first-order chi connectivity index (χ1) is 8.49. The van der Waals surface area contributed by atoms with Gasteiger partial charge >= 0.3 is 5.97 Å². The molecule has 0 saturated carbocycles. The molecule has 0 aliphatic heterocycles. The zero-order valence-electron chi connectivity index (χ0n) is 10.3. The lowest BCUT2D eigenvalue weighted by atomic mass is 10.2. The van der Waals surface area contributed by atoms with Crippen molar-refractivity contribution < 1.29 is 14.7 Å². The lowest BCUT2D eigenvalue weighted by molar-refractivity contribution is -0.111. The SMILES string of the molecule is CN(C)CC=CC(=O)Nc1cncc(C(=O)O)c1. The number of nitrogens with one attached hydrogen (secondary N) is 1. The second-order valence-electron chi connectivity index (χ2n) is 3.92. The maximum Gasteiger partial charge on any atom is 0.337 e. The van der Waals surface area contributed by atoms with E-state index in [1.54, 1.807) is 6.08 Å². The number of aromatic carboxylic acids is 1. The maximum absolute atomic E-state index is 11.5. The van der Waals surface area contributed by atoms with Gasteiger partial charge in [0.1, 0.15) is 0 Å². The molecule has 0 bridgehead atoms. The summed E-state index contributed by atoms with van der Waals surface area (Å²) in [5.74, 6) is -1.40. The van der Waals surface area contributed by atoms with Crippen LogP contribution in [0.4, 0.5) is 5.69 Å². The minimum atomic E-state index is -1.08. The van der Waals surface area contributed by atoms with Crippen LogP contribution in [-0.4, -0.2) is 47.5 Å². The number of carboxylic acids is 1. The smallest absolute Gasteiger partial charge is 0.337 e. The molecule has 0 unspecified atom stereocenters. The van der Waals surface area contributed by atoms with Gasteiger partial charge in [0.2, 0.25) is 5.91 Å². The Labute approximate surface area is 105 Å². The molecule has 0 atom stereocenters. The van der Waals surface area contributed by atoms with Gasteiger partial charge in [0.25, 0.3) is 0 Å². The van der Waals surface area contributed by atoms with Crippen molar-refractivity contribution in [3.8, 4) is 0 Å². The molecule has 1 amide bonds. The third kappa shape index (κ3) is 4.75. The molecule has 96 valence electrons. The number of hydrogen-bond donors (Lipinski definition) is 2. The first kappa shape index (κ1) is 13.9. The summed E-state index contributed by atoms with van der Waals surface area (Å²) in [7, 11) is 3.78. The largest absolute Gasteiger partial charge is 0.478 e. The van der Waals surface area contributed by atoms with Crippen molar-refractivity contribution in [2.45, 2.75) is 0 Å². The van der Waals surface area contributed by atoms with Gasteiger partial charge in [-0.15, -0.1) is 0 Å². The second-order valence-corrected chi connectivity index (χ2v) is 3.92. The molecule has 0 aliphatic carbocycles. The first-order valence-electron chi connectivity index (χ1n) is 5.29. The van der Waals surface area contributed by atoms with Crippen LogP contribution in [0.3, 0.4) is 0 Å². The third-order valence-electron chi connectivity index (χ3n) is 1.99. The zero-order chi connectivity index (χ0) is 13.5. The van der Waals surface area contributed by atoms with Crippen molar-refractivity contribution >= 4 is 17.6 Å². The first-order valence-corrected chi connectivity index (χ1v) is 5.29. The number of aromatic nitrogens is 1. The summed E-state index contributed by atoms with van der Waals surface area (Å²) < 4.78 is 0. The summed E-state index contributed by atoms with van der Waals surface area (Å²) in [6.45, 7) is 0.654. The number of carboxylic acid groups (broad SMARTS) is 1. The highest BCUT2D eigenvalue weighted by Crippen LogP contribution is 2.08. The molecule has 1 aromatic heterocycles. The fourth-order valence-corrected chi connectivity index (χ4v) is 1.18. The van der Waals surface area contributed by atoms with Crippen LogP contribution in [0.15, 0.2) is 30.6 Å². The molecular weight excluding hydrogens is 234 g/mol. The predicted molar refractivity (Wildman–Crippen MR) is 67.5 cm³/mol. The molecular formula is C12H15N3O3. The minimum absolute atomic E-state index is 0.0325. The molecule has 0 aromatic carbocycles. The molecule has 0 saturated heterocycles. The molecule has 0 fully saturated rings. The van der Waals surface area contributed by atoms with Crippen LogP contribution < -0.4 is 5.32 Å². The summed E-state index contributed by atoms with van der Waals surface area (Å²) in [4.78, 5) is 27.8. The standard InChI is InChI=1S/C12H15N3O3/c1-15(2)5-3-4-11(16)14-10-6-9(12(17)18)7-13-8-10/h3-4,6-8H,5H2,1-2H3,(H,14,16)(H,17,18). The minimum Gasteiger partial charge on any atom is -0.478 e. The highest BCUT2D eigenvalue weighted by atomic mass is 16.4. The van der Waals surface area contributed by atoms with E-state index in [9.17, 15) is 9.59 Å². The molecule has 1 rings (SSSR count). The van der Waals surface area contributed by atoms with E-state index in [0.717, 1.165) is 0 Å². The number of carbonyl (C=O) groups excluding carboxylic acids is 1. The Morgan fingerprint density at radius 1 is 1.44 bits per heavy atom. The van der Waals surface area contributed by atoms with Crippen molar-refractivity contribution in [1.29, 1.82) is 0 Å². The molecule has 1 aromatic rings. The molecule has 18 heavy (non-hydrogen) atoms. The van der Waals surface area contributed by atoms with Gasteiger partial charge in [-0.2, -0.15) is 0 Å². The molecule has 0 radical (unpaired) electrons. The molecule has 2 N–H and O–H groups in total. The predicted octanol–water partition coefficient (Wildman–Crippen LogP) is 0.836. The number of amides is 1. The average Bonchev–Trinajstić information content (AvgIpc) is 2.28. The number of rotatable bonds is 5. The number of carbonyl (C=O) groups is 2. The Morgan fingerprint density at radius 2 is 2.17 bits per heavy atom. The lowest BCUT2D eigenvalue weighted by Gasteiger charge is -2.04. The van der Waals surface area contributed by atoms with Crippen molar-refractivity contribution in [1.82, 2.24) is 9.88 Å². The highest BCUT2D eigenvalue weighted by Gasteiger charge is 2.05. The van der Waals surface area contributed by atoms with Crippen molar-refractivity contribution in [3.63, 3.8) is 0 Å². The fraction of sp³-hybridized carbons (Fsp3) is 0.250. The van der Waals surface area contributed by atoms with Crippen molar-refractivity contribution in [2.24, 2.45) is 0 Å². The van der Waals surface area contributed by atoms with E-state index >= 15 is 0 Å². The molecule has 0 aliphatic rings. The van der Waals surface area contributed by atoms with Crippen LogP contribution in [0, 0.1) is 0 Å². The maximum atomic E-state index is 11.5. The van der Waals surface area contributed by atoms with E-state index in [1.165, 1.54) is 24.5 Å². The topological polar surface area (TPSA) is 82.5 Å². The van der Waals surface area contributed by atoms with Gasteiger partial charge in [-0.05, 0) is 20.2 Å². The summed E-state index contributed by atoms with van der Waals surface area (Å²) in [6, 6.07) is 1.35. The van der Waals surface area contributed by atoms with E-state index < -0.39 is 5.97 Å². The average molecular weight is 249 g/mol. The Balaban J connectivity index is 2.62. The van der Waals surface area contributed by atoms with E-state index in [-0.39, 0.29) is 11.5 Å². The van der Waals surface area contributed by atoms with Gasteiger partial charge in [0.05, 0.1) is 17.4 Å². The van der Waals surface area contributed by atoms with Gasteiger partial charge in [-0.25, -0.2) is 4.79 Å².